The smallest absolute Gasteiger partial charge is 0.183 e. The van der Waals surface area contributed by atoms with Gasteiger partial charge in [0.25, 0.3) is 0 Å². The van der Waals surface area contributed by atoms with Crippen LogP contribution in [-0.4, -0.2) is 64.0 Å². The summed E-state index contributed by atoms with van der Waals surface area (Å²) in [6, 6.07) is 14.4. The molecule has 1 aliphatic rings. The first-order chi connectivity index (χ1) is 20.3. The maximum absolute atomic E-state index is 13.5. The van der Waals surface area contributed by atoms with Gasteiger partial charge in [-0.05, 0) is 71.0 Å². The van der Waals surface area contributed by atoms with Gasteiger partial charge in [-0.25, -0.2) is 4.98 Å². The zero-order valence-corrected chi connectivity index (χ0v) is 25.3. The lowest BCUT2D eigenvalue weighted by Gasteiger charge is -2.32. The molecule has 0 aliphatic heterocycles. The Morgan fingerprint density at radius 1 is 1.02 bits per heavy atom. The van der Waals surface area contributed by atoms with Crippen LogP contribution in [0, 0.1) is 6.92 Å². The minimum atomic E-state index is 0.0184. The largest absolute Gasteiger partial charge is 0.496 e. The number of aromatic nitrogens is 4. The normalized spacial score (nSPS) is 17.3. The Labute approximate surface area is 246 Å². The van der Waals surface area contributed by atoms with Gasteiger partial charge in [0.05, 0.1) is 42.3 Å². The fourth-order valence-electron chi connectivity index (χ4n) is 6.64. The highest BCUT2D eigenvalue weighted by atomic mass is 16.5. The second-order valence-electron chi connectivity index (χ2n) is 11.6. The number of ether oxygens (including phenoxy) is 2. The van der Waals surface area contributed by atoms with E-state index < -0.39 is 0 Å². The summed E-state index contributed by atoms with van der Waals surface area (Å²) in [4.78, 5) is 25.7. The number of aryl methyl sites for hydroxylation is 2. The number of carbonyl (C=O) groups excluding carboxylic acids is 1. The molecule has 1 aliphatic carbocycles. The standard InChI is InChI=1S/C34H39N5O3/c1-21-33-32(36-34(39(33)17-16-35-21)22-12-14-25(15-13-22)37(2)3)24-11-10-23(31(19-24)42-6)18-29(40)28-20-26-27(38(28)4)8-7-9-30(26)41-5/h7-11,16-17,19-20,22,25H,12-15,18H2,1-6H3. The number of Topliss-reactive ketones (excluding diaryl/α,β-unsaturated/α-hetero) is 1. The van der Waals surface area contributed by atoms with Crippen molar-refractivity contribution in [2.45, 2.75) is 51.0 Å². The Morgan fingerprint density at radius 2 is 1.79 bits per heavy atom. The molecule has 0 saturated heterocycles. The van der Waals surface area contributed by atoms with Crippen LogP contribution in [0.2, 0.25) is 0 Å². The van der Waals surface area contributed by atoms with E-state index >= 15 is 0 Å². The number of carbonyl (C=O) groups is 1. The van der Waals surface area contributed by atoms with Crippen molar-refractivity contribution >= 4 is 22.2 Å². The van der Waals surface area contributed by atoms with Crippen molar-refractivity contribution < 1.29 is 14.3 Å². The van der Waals surface area contributed by atoms with Gasteiger partial charge in [-0.15, -0.1) is 0 Å². The van der Waals surface area contributed by atoms with Gasteiger partial charge in [-0.3, -0.25) is 14.2 Å². The maximum atomic E-state index is 13.5. The minimum absolute atomic E-state index is 0.0184. The Hall–Kier alpha value is -4.17. The predicted octanol–water partition coefficient (Wildman–Crippen LogP) is 6.23. The molecular weight excluding hydrogens is 526 g/mol. The van der Waals surface area contributed by atoms with Gasteiger partial charge in [-0.1, -0.05) is 18.2 Å². The third-order valence-corrected chi connectivity index (χ3v) is 9.02. The molecule has 218 valence electrons. The fraction of sp³-hybridized carbons (Fsp3) is 0.382. The van der Waals surface area contributed by atoms with Crippen molar-refractivity contribution in [3.8, 4) is 22.8 Å². The van der Waals surface area contributed by atoms with E-state index in [1.807, 2.05) is 67.3 Å². The summed E-state index contributed by atoms with van der Waals surface area (Å²) >= 11 is 0. The fourth-order valence-corrected chi connectivity index (χ4v) is 6.64. The van der Waals surface area contributed by atoms with Gasteiger partial charge in [0, 0.05) is 54.3 Å². The van der Waals surface area contributed by atoms with E-state index in [-0.39, 0.29) is 12.2 Å². The lowest BCUT2D eigenvalue weighted by molar-refractivity contribution is 0.0984. The molecule has 3 aromatic heterocycles. The average Bonchev–Trinajstić information content (AvgIpc) is 3.56. The number of imidazole rings is 1. The molecule has 3 heterocycles. The molecular formula is C34H39N5O3. The molecule has 6 rings (SSSR count). The molecule has 0 spiro atoms. The molecule has 8 nitrogen and oxygen atoms in total. The highest BCUT2D eigenvalue weighted by molar-refractivity contribution is 6.02. The van der Waals surface area contributed by atoms with Crippen LogP contribution in [0.3, 0.4) is 0 Å². The number of ketones is 1. The van der Waals surface area contributed by atoms with Gasteiger partial charge < -0.3 is 18.9 Å². The molecule has 1 saturated carbocycles. The van der Waals surface area contributed by atoms with Crippen molar-refractivity contribution in [2.75, 3.05) is 28.3 Å². The summed E-state index contributed by atoms with van der Waals surface area (Å²) in [5.74, 6) is 2.96. The van der Waals surface area contributed by atoms with E-state index in [1.165, 1.54) is 12.8 Å². The Kier molecular flexibility index (Phi) is 7.49. The number of rotatable bonds is 8. The third-order valence-electron chi connectivity index (χ3n) is 9.02. The SMILES string of the molecule is COc1cc(-c2nc(C3CCC(N(C)C)CC3)n3ccnc(C)c23)ccc1CC(=O)c1cc2c(OC)cccc2n1C. The number of hydrogen-bond donors (Lipinski definition) is 0. The first-order valence-electron chi connectivity index (χ1n) is 14.6. The van der Waals surface area contributed by atoms with E-state index in [2.05, 4.69) is 34.4 Å². The summed E-state index contributed by atoms with van der Waals surface area (Å²) < 4.78 is 15.5. The number of nitrogens with zero attached hydrogens (tertiary/aromatic N) is 5. The van der Waals surface area contributed by atoms with Gasteiger partial charge in [-0.2, -0.15) is 0 Å². The summed E-state index contributed by atoms with van der Waals surface area (Å²) in [6.07, 6.45) is 8.70. The summed E-state index contributed by atoms with van der Waals surface area (Å²) in [6.45, 7) is 2.04. The van der Waals surface area contributed by atoms with E-state index in [4.69, 9.17) is 14.5 Å². The zero-order chi connectivity index (χ0) is 29.5. The molecule has 0 radical (unpaired) electrons. The average molecular weight is 566 g/mol. The third kappa shape index (κ3) is 4.83. The first kappa shape index (κ1) is 28.0. The summed E-state index contributed by atoms with van der Waals surface area (Å²) in [7, 11) is 9.57. The van der Waals surface area contributed by atoms with E-state index in [9.17, 15) is 4.79 Å². The lowest BCUT2D eigenvalue weighted by Crippen LogP contribution is -2.32. The van der Waals surface area contributed by atoms with Crippen molar-refractivity contribution in [2.24, 2.45) is 7.05 Å². The Bertz CT molecular complexity index is 1780. The molecule has 1 fully saturated rings. The summed E-state index contributed by atoms with van der Waals surface area (Å²) in [5.41, 5.74) is 6.26. The second-order valence-corrected chi connectivity index (χ2v) is 11.6. The molecule has 0 N–H and O–H groups in total. The van der Waals surface area contributed by atoms with Crippen molar-refractivity contribution in [3.63, 3.8) is 0 Å². The zero-order valence-electron chi connectivity index (χ0n) is 25.3. The van der Waals surface area contributed by atoms with Gasteiger partial charge in [0.2, 0.25) is 0 Å². The molecule has 0 amide bonds. The number of benzene rings is 2. The highest BCUT2D eigenvalue weighted by Gasteiger charge is 2.28. The maximum Gasteiger partial charge on any atom is 0.183 e. The Morgan fingerprint density at radius 3 is 2.50 bits per heavy atom. The van der Waals surface area contributed by atoms with Crippen LogP contribution in [0.1, 0.15) is 59.2 Å². The highest BCUT2D eigenvalue weighted by Crippen LogP contribution is 2.38. The quantitative estimate of drug-likeness (QED) is 0.208. The van der Waals surface area contributed by atoms with E-state index in [0.29, 0.717) is 23.4 Å². The van der Waals surface area contributed by atoms with Gasteiger partial charge >= 0.3 is 0 Å². The number of hydrogen-bond acceptors (Lipinski definition) is 6. The van der Waals surface area contributed by atoms with Crippen LogP contribution < -0.4 is 9.47 Å². The molecule has 2 aromatic carbocycles. The summed E-state index contributed by atoms with van der Waals surface area (Å²) in [5, 5.41) is 0.926. The van der Waals surface area contributed by atoms with Gasteiger partial charge in [0.15, 0.2) is 5.78 Å². The van der Waals surface area contributed by atoms with E-state index in [0.717, 1.165) is 63.3 Å². The lowest BCUT2D eigenvalue weighted by atomic mass is 9.85. The topological polar surface area (TPSA) is 73.9 Å². The van der Waals surface area contributed by atoms with Crippen molar-refractivity contribution in [3.05, 3.63) is 77.6 Å². The van der Waals surface area contributed by atoms with Crippen LogP contribution in [0.15, 0.2) is 54.9 Å². The molecule has 0 unspecified atom stereocenters. The van der Waals surface area contributed by atoms with Crippen molar-refractivity contribution in [1.29, 1.82) is 0 Å². The monoisotopic (exact) mass is 565 g/mol. The van der Waals surface area contributed by atoms with Crippen molar-refractivity contribution in [1.82, 2.24) is 23.8 Å². The van der Waals surface area contributed by atoms with Crippen LogP contribution >= 0.6 is 0 Å². The number of fused-ring (bicyclic) bond motifs is 2. The first-order valence-corrected chi connectivity index (χ1v) is 14.6. The minimum Gasteiger partial charge on any atom is -0.496 e. The van der Waals surface area contributed by atoms with E-state index in [1.54, 1.807) is 14.2 Å². The van der Waals surface area contributed by atoms with Crippen LogP contribution in [0.5, 0.6) is 11.5 Å². The Balaban J connectivity index is 1.33. The van der Waals surface area contributed by atoms with Crippen LogP contribution in [0.4, 0.5) is 0 Å². The van der Waals surface area contributed by atoms with Crippen LogP contribution in [0.25, 0.3) is 27.7 Å². The number of methoxy groups -OCH3 is 2. The van der Waals surface area contributed by atoms with Crippen LogP contribution in [-0.2, 0) is 13.5 Å². The molecule has 0 atom stereocenters. The second kappa shape index (κ2) is 11.2. The van der Waals surface area contributed by atoms with Gasteiger partial charge in [0.1, 0.15) is 17.3 Å². The molecule has 42 heavy (non-hydrogen) atoms. The predicted molar refractivity (Wildman–Crippen MR) is 166 cm³/mol. The molecule has 5 aromatic rings. The molecule has 0 bridgehead atoms. The molecule has 8 heteroatoms.